The highest BCUT2D eigenvalue weighted by Gasteiger charge is 2.09. The number of nitrogens with zero attached hydrogens (tertiary/aromatic N) is 1. The largest absolute Gasteiger partial charge is 0.306 e. The van der Waals surface area contributed by atoms with E-state index in [-0.39, 0.29) is 0 Å². The monoisotopic (exact) mass is 199 g/mol. The fourth-order valence-corrected chi connectivity index (χ4v) is 1.62. The van der Waals surface area contributed by atoms with Crippen LogP contribution in [0.25, 0.3) is 0 Å². The minimum atomic E-state index is 0.504. The average Bonchev–Trinajstić information content (AvgIpc) is 2.02. The summed E-state index contributed by atoms with van der Waals surface area (Å²) in [7, 11) is 2.25. The Morgan fingerprint density at radius 2 is 1.50 bits per heavy atom. The smallest absolute Gasteiger partial charge is 0.00216 e. The Labute approximate surface area is 90.9 Å². The zero-order valence-corrected chi connectivity index (χ0v) is 10.9. The maximum absolute atomic E-state index is 2.47. The van der Waals surface area contributed by atoms with Crippen molar-refractivity contribution in [2.45, 2.75) is 59.8 Å². The summed E-state index contributed by atoms with van der Waals surface area (Å²) < 4.78 is 0. The summed E-state index contributed by atoms with van der Waals surface area (Å²) in [5, 5.41) is 0. The molecule has 0 heterocycles. The van der Waals surface area contributed by atoms with Crippen LogP contribution in [0.1, 0.15) is 59.8 Å². The Morgan fingerprint density at radius 3 is 2.00 bits per heavy atom. The molecule has 1 heteroatoms. The van der Waals surface area contributed by atoms with Gasteiger partial charge >= 0.3 is 0 Å². The molecule has 14 heavy (non-hydrogen) atoms. The first-order valence-electron chi connectivity index (χ1n) is 6.14. The third kappa shape index (κ3) is 10.0. The third-order valence-electron chi connectivity index (χ3n) is 2.61. The van der Waals surface area contributed by atoms with Crippen molar-refractivity contribution < 1.29 is 0 Å². The van der Waals surface area contributed by atoms with E-state index in [9.17, 15) is 0 Å². The van der Waals surface area contributed by atoms with Crippen LogP contribution >= 0.6 is 0 Å². The van der Waals surface area contributed by atoms with E-state index < -0.39 is 0 Å². The SMILES string of the molecule is CCCCCN(C)CCCC(C)(C)C. The minimum Gasteiger partial charge on any atom is -0.306 e. The first-order chi connectivity index (χ1) is 6.45. The Kier molecular flexibility index (Phi) is 7.26. The van der Waals surface area contributed by atoms with Crippen LogP contribution in [-0.2, 0) is 0 Å². The molecule has 0 aromatic rings. The van der Waals surface area contributed by atoms with E-state index in [0.717, 1.165) is 0 Å². The average molecular weight is 199 g/mol. The summed E-state index contributed by atoms with van der Waals surface area (Å²) in [6.07, 6.45) is 6.75. The summed E-state index contributed by atoms with van der Waals surface area (Å²) in [6, 6.07) is 0. The van der Waals surface area contributed by atoms with E-state index in [1.54, 1.807) is 0 Å². The van der Waals surface area contributed by atoms with Crippen molar-refractivity contribution in [3.63, 3.8) is 0 Å². The normalized spacial score (nSPS) is 12.4. The van der Waals surface area contributed by atoms with Gasteiger partial charge in [-0.3, -0.25) is 0 Å². The van der Waals surface area contributed by atoms with Crippen LogP contribution in [0.2, 0.25) is 0 Å². The molecule has 0 atom stereocenters. The lowest BCUT2D eigenvalue weighted by atomic mass is 9.90. The zero-order valence-electron chi connectivity index (χ0n) is 10.9. The third-order valence-corrected chi connectivity index (χ3v) is 2.61. The van der Waals surface area contributed by atoms with Gasteiger partial charge in [0.15, 0.2) is 0 Å². The summed E-state index contributed by atoms with van der Waals surface area (Å²) in [4.78, 5) is 2.47. The van der Waals surface area contributed by atoms with E-state index in [0.29, 0.717) is 5.41 Å². The molecule has 86 valence electrons. The second kappa shape index (κ2) is 7.28. The van der Waals surface area contributed by atoms with Crippen molar-refractivity contribution in [1.29, 1.82) is 0 Å². The molecule has 0 aliphatic heterocycles. The predicted molar refractivity (Wildman–Crippen MR) is 65.7 cm³/mol. The lowest BCUT2D eigenvalue weighted by Crippen LogP contribution is -2.22. The molecule has 0 aromatic carbocycles. The van der Waals surface area contributed by atoms with Crippen LogP contribution in [-0.4, -0.2) is 25.0 Å². The van der Waals surface area contributed by atoms with Gasteiger partial charge in [0.2, 0.25) is 0 Å². The standard InChI is InChI=1S/C13H29N/c1-6-7-8-11-14(5)12-9-10-13(2,3)4/h6-12H2,1-5H3. The summed E-state index contributed by atoms with van der Waals surface area (Å²) >= 11 is 0. The summed E-state index contributed by atoms with van der Waals surface area (Å²) in [6.45, 7) is 11.8. The highest BCUT2D eigenvalue weighted by Crippen LogP contribution is 2.20. The maximum atomic E-state index is 2.47. The molecule has 0 radical (unpaired) electrons. The molecule has 0 saturated heterocycles. The molecular formula is C13H29N. The van der Waals surface area contributed by atoms with Crippen LogP contribution in [0, 0.1) is 5.41 Å². The first kappa shape index (κ1) is 14.0. The lowest BCUT2D eigenvalue weighted by Gasteiger charge is -2.21. The predicted octanol–water partition coefficient (Wildman–Crippen LogP) is 3.93. The van der Waals surface area contributed by atoms with Crippen LogP contribution < -0.4 is 0 Å². The molecule has 0 aliphatic rings. The van der Waals surface area contributed by atoms with Gasteiger partial charge in [-0.25, -0.2) is 0 Å². The van der Waals surface area contributed by atoms with E-state index in [1.807, 2.05) is 0 Å². The molecule has 0 fully saturated rings. The molecule has 0 spiro atoms. The fourth-order valence-electron chi connectivity index (χ4n) is 1.62. The maximum Gasteiger partial charge on any atom is -0.00216 e. The molecule has 0 aromatic heterocycles. The Balaban J connectivity index is 3.31. The molecule has 0 aliphatic carbocycles. The number of rotatable bonds is 7. The van der Waals surface area contributed by atoms with E-state index in [2.05, 4.69) is 39.6 Å². The van der Waals surface area contributed by atoms with Crippen molar-refractivity contribution >= 4 is 0 Å². The van der Waals surface area contributed by atoms with E-state index in [4.69, 9.17) is 0 Å². The molecular weight excluding hydrogens is 170 g/mol. The van der Waals surface area contributed by atoms with Crippen LogP contribution in [0.4, 0.5) is 0 Å². The molecule has 1 nitrogen and oxygen atoms in total. The molecule has 0 N–H and O–H groups in total. The van der Waals surface area contributed by atoms with Crippen molar-refractivity contribution in [2.75, 3.05) is 20.1 Å². The van der Waals surface area contributed by atoms with Gasteiger partial charge in [-0.05, 0) is 44.8 Å². The Bertz CT molecular complexity index is 124. The highest BCUT2D eigenvalue weighted by atomic mass is 15.1. The molecule has 0 amide bonds. The quantitative estimate of drug-likeness (QED) is 0.561. The van der Waals surface area contributed by atoms with Gasteiger partial charge < -0.3 is 4.90 Å². The van der Waals surface area contributed by atoms with Gasteiger partial charge in [0.1, 0.15) is 0 Å². The Hall–Kier alpha value is -0.0400. The lowest BCUT2D eigenvalue weighted by molar-refractivity contribution is 0.283. The second-order valence-electron chi connectivity index (χ2n) is 5.67. The first-order valence-corrected chi connectivity index (χ1v) is 6.14. The van der Waals surface area contributed by atoms with Crippen molar-refractivity contribution in [3.8, 4) is 0 Å². The minimum absolute atomic E-state index is 0.504. The van der Waals surface area contributed by atoms with Crippen molar-refractivity contribution in [1.82, 2.24) is 4.90 Å². The van der Waals surface area contributed by atoms with Crippen molar-refractivity contribution in [3.05, 3.63) is 0 Å². The van der Waals surface area contributed by atoms with E-state index in [1.165, 1.54) is 45.2 Å². The Morgan fingerprint density at radius 1 is 0.929 bits per heavy atom. The van der Waals surface area contributed by atoms with Gasteiger partial charge in [0.05, 0.1) is 0 Å². The highest BCUT2D eigenvalue weighted by molar-refractivity contribution is 4.62. The van der Waals surface area contributed by atoms with Crippen LogP contribution in [0.5, 0.6) is 0 Å². The molecule has 0 rings (SSSR count). The summed E-state index contributed by atoms with van der Waals surface area (Å²) in [5.74, 6) is 0. The second-order valence-corrected chi connectivity index (χ2v) is 5.67. The molecule has 0 bridgehead atoms. The molecule has 0 unspecified atom stereocenters. The number of unbranched alkanes of at least 4 members (excludes halogenated alkanes) is 2. The van der Waals surface area contributed by atoms with Gasteiger partial charge in [0, 0.05) is 0 Å². The van der Waals surface area contributed by atoms with Crippen molar-refractivity contribution in [2.24, 2.45) is 5.41 Å². The van der Waals surface area contributed by atoms with Gasteiger partial charge in [-0.1, -0.05) is 40.5 Å². The van der Waals surface area contributed by atoms with Crippen LogP contribution in [0.15, 0.2) is 0 Å². The number of hydrogen-bond acceptors (Lipinski definition) is 1. The number of hydrogen-bond donors (Lipinski definition) is 0. The van der Waals surface area contributed by atoms with E-state index >= 15 is 0 Å². The fraction of sp³-hybridized carbons (Fsp3) is 1.00. The van der Waals surface area contributed by atoms with Gasteiger partial charge in [-0.15, -0.1) is 0 Å². The van der Waals surface area contributed by atoms with Gasteiger partial charge in [-0.2, -0.15) is 0 Å². The van der Waals surface area contributed by atoms with Crippen LogP contribution in [0.3, 0.4) is 0 Å². The van der Waals surface area contributed by atoms with Gasteiger partial charge in [0.25, 0.3) is 0 Å². The topological polar surface area (TPSA) is 3.24 Å². The molecule has 0 saturated carbocycles. The summed E-state index contributed by atoms with van der Waals surface area (Å²) in [5.41, 5.74) is 0.504. The zero-order chi connectivity index (χ0) is 11.0.